The molecule has 1 radical (unpaired) electrons. The quantitative estimate of drug-likeness (QED) is 0.505. The normalized spacial score (nSPS) is 60.3. The highest BCUT2D eigenvalue weighted by Gasteiger charge is 2.52. The van der Waals surface area contributed by atoms with Crippen LogP contribution >= 0.6 is 0 Å². The molecule has 1 nitrogen and oxygen atoms in total. The molecule has 1 N–H and O–H groups in total. The van der Waals surface area contributed by atoms with E-state index in [9.17, 15) is 0 Å². The van der Waals surface area contributed by atoms with Gasteiger partial charge in [0, 0.05) is 6.04 Å². The van der Waals surface area contributed by atoms with Crippen LogP contribution in [0.2, 0.25) is 0 Å². The van der Waals surface area contributed by atoms with Gasteiger partial charge in [-0.3, -0.25) is 5.73 Å². The van der Waals surface area contributed by atoms with E-state index < -0.39 is 0 Å². The van der Waals surface area contributed by atoms with E-state index in [1.807, 2.05) is 0 Å². The average molecular weight is 150 g/mol. The van der Waals surface area contributed by atoms with Crippen molar-refractivity contribution >= 4 is 0 Å². The summed E-state index contributed by atoms with van der Waals surface area (Å²) < 4.78 is 0. The summed E-state index contributed by atoms with van der Waals surface area (Å²) >= 11 is 0. The van der Waals surface area contributed by atoms with Crippen molar-refractivity contribution in [3.8, 4) is 0 Å². The molecule has 3 aliphatic carbocycles. The predicted molar refractivity (Wildman–Crippen MR) is 43.9 cm³/mol. The largest absolute Gasteiger partial charge is 0.254 e. The van der Waals surface area contributed by atoms with Crippen LogP contribution in [0.4, 0.5) is 0 Å². The first-order valence-electron chi connectivity index (χ1n) is 5.07. The zero-order chi connectivity index (χ0) is 7.42. The van der Waals surface area contributed by atoms with Crippen LogP contribution in [0.15, 0.2) is 0 Å². The van der Waals surface area contributed by atoms with Gasteiger partial charge in [-0.15, -0.1) is 0 Å². The molecule has 3 saturated carbocycles. The van der Waals surface area contributed by atoms with Crippen LogP contribution in [0.25, 0.3) is 0 Å². The number of fused-ring (bicyclic) bond motifs is 5. The van der Waals surface area contributed by atoms with Crippen molar-refractivity contribution in [1.82, 2.24) is 5.73 Å². The Bertz CT molecular complexity index is 178. The highest BCUT2D eigenvalue weighted by Crippen LogP contribution is 2.58. The number of nitrogens with one attached hydrogen (secondary N) is 1. The van der Waals surface area contributed by atoms with E-state index in [0.29, 0.717) is 6.04 Å². The van der Waals surface area contributed by atoms with Gasteiger partial charge in [0.2, 0.25) is 0 Å². The van der Waals surface area contributed by atoms with Gasteiger partial charge in [0.05, 0.1) is 0 Å². The molecule has 1 heteroatoms. The van der Waals surface area contributed by atoms with Crippen LogP contribution in [0.3, 0.4) is 0 Å². The van der Waals surface area contributed by atoms with E-state index in [1.165, 1.54) is 32.1 Å². The van der Waals surface area contributed by atoms with Gasteiger partial charge in [0.15, 0.2) is 0 Å². The molecule has 3 rings (SSSR count). The Morgan fingerprint density at radius 2 is 1.73 bits per heavy atom. The van der Waals surface area contributed by atoms with Gasteiger partial charge in [-0.25, -0.2) is 0 Å². The summed E-state index contributed by atoms with van der Waals surface area (Å²) in [5, 5.41) is 0. The van der Waals surface area contributed by atoms with Crippen LogP contribution in [0.1, 0.15) is 32.1 Å². The topological polar surface area (TPSA) is 23.8 Å². The molecular weight excluding hydrogens is 134 g/mol. The molecule has 3 fully saturated rings. The molecule has 0 saturated heterocycles. The molecule has 3 aliphatic rings. The first-order chi connectivity index (χ1) is 5.36. The van der Waals surface area contributed by atoms with Gasteiger partial charge < -0.3 is 0 Å². The Hall–Kier alpha value is -0.0400. The summed E-state index contributed by atoms with van der Waals surface area (Å²) in [6.07, 6.45) is 7.09. The Morgan fingerprint density at radius 3 is 2.64 bits per heavy atom. The zero-order valence-electron chi connectivity index (χ0n) is 6.92. The molecule has 5 unspecified atom stereocenters. The lowest BCUT2D eigenvalue weighted by atomic mass is 9.79. The van der Waals surface area contributed by atoms with Gasteiger partial charge >= 0.3 is 0 Å². The fraction of sp³-hybridized carbons (Fsp3) is 1.00. The van der Waals surface area contributed by atoms with E-state index in [-0.39, 0.29) is 0 Å². The standard InChI is InChI=1S/C10H16N/c11-10-5-6-4-9(10)8-3-1-2-7(6)8/h6-11H,1-5H2. The predicted octanol–water partition coefficient (Wildman–Crippen LogP) is 2.09. The van der Waals surface area contributed by atoms with Crippen molar-refractivity contribution in [3.05, 3.63) is 0 Å². The van der Waals surface area contributed by atoms with Crippen molar-refractivity contribution < 1.29 is 0 Å². The fourth-order valence-corrected chi connectivity index (χ4v) is 4.07. The summed E-state index contributed by atoms with van der Waals surface area (Å²) in [5.74, 6) is 3.88. The van der Waals surface area contributed by atoms with Crippen molar-refractivity contribution in [1.29, 1.82) is 0 Å². The first kappa shape index (κ1) is 6.47. The highest BCUT2D eigenvalue weighted by atomic mass is 14.7. The van der Waals surface area contributed by atoms with Crippen LogP contribution in [-0.4, -0.2) is 6.04 Å². The maximum atomic E-state index is 7.87. The van der Waals surface area contributed by atoms with E-state index in [1.54, 1.807) is 0 Å². The molecule has 11 heavy (non-hydrogen) atoms. The molecule has 0 aromatic heterocycles. The van der Waals surface area contributed by atoms with Crippen LogP contribution in [-0.2, 0) is 0 Å². The molecule has 0 spiro atoms. The Morgan fingerprint density at radius 1 is 0.909 bits per heavy atom. The monoisotopic (exact) mass is 150 g/mol. The van der Waals surface area contributed by atoms with Crippen LogP contribution in [0, 0.1) is 23.7 Å². The summed E-state index contributed by atoms with van der Waals surface area (Å²) in [4.78, 5) is 0. The van der Waals surface area contributed by atoms with Gasteiger partial charge in [-0.05, 0) is 49.4 Å². The maximum absolute atomic E-state index is 7.87. The van der Waals surface area contributed by atoms with E-state index in [0.717, 1.165) is 23.7 Å². The van der Waals surface area contributed by atoms with Gasteiger partial charge in [-0.1, -0.05) is 6.42 Å². The van der Waals surface area contributed by atoms with Crippen molar-refractivity contribution in [3.63, 3.8) is 0 Å². The van der Waals surface area contributed by atoms with Crippen molar-refractivity contribution in [2.45, 2.75) is 38.1 Å². The molecule has 0 heterocycles. The molecule has 61 valence electrons. The molecular formula is C10H16N. The third-order valence-corrected chi connectivity index (χ3v) is 4.43. The summed E-state index contributed by atoms with van der Waals surface area (Å²) in [5.41, 5.74) is 7.87. The smallest absolute Gasteiger partial charge is 0.0246 e. The van der Waals surface area contributed by atoms with E-state index in [4.69, 9.17) is 5.73 Å². The lowest BCUT2D eigenvalue weighted by Crippen LogP contribution is -2.28. The summed E-state index contributed by atoms with van der Waals surface area (Å²) in [7, 11) is 0. The highest BCUT2D eigenvalue weighted by molar-refractivity contribution is 5.04. The van der Waals surface area contributed by atoms with Crippen LogP contribution < -0.4 is 5.73 Å². The van der Waals surface area contributed by atoms with Crippen molar-refractivity contribution in [2.75, 3.05) is 0 Å². The lowest BCUT2D eigenvalue weighted by Gasteiger charge is -2.28. The molecule has 2 bridgehead atoms. The summed E-state index contributed by atoms with van der Waals surface area (Å²) in [6.45, 7) is 0. The number of hydrogen-bond acceptors (Lipinski definition) is 0. The van der Waals surface area contributed by atoms with Crippen LogP contribution in [0.5, 0.6) is 0 Å². The number of rotatable bonds is 0. The molecule has 0 aromatic rings. The minimum absolute atomic E-state index is 0.333. The molecule has 5 atom stereocenters. The summed E-state index contributed by atoms with van der Waals surface area (Å²) in [6, 6.07) is 0.333. The first-order valence-corrected chi connectivity index (χ1v) is 5.07. The zero-order valence-corrected chi connectivity index (χ0v) is 6.92. The maximum Gasteiger partial charge on any atom is 0.0246 e. The molecule has 0 aliphatic heterocycles. The second-order valence-corrected chi connectivity index (χ2v) is 4.76. The third kappa shape index (κ3) is 0.703. The van der Waals surface area contributed by atoms with Gasteiger partial charge in [0.25, 0.3) is 0 Å². The van der Waals surface area contributed by atoms with Gasteiger partial charge in [0.1, 0.15) is 0 Å². The Balaban J connectivity index is 1.90. The van der Waals surface area contributed by atoms with Gasteiger partial charge in [-0.2, -0.15) is 0 Å². The second kappa shape index (κ2) is 2.01. The van der Waals surface area contributed by atoms with E-state index in [2.05, 4.69) is 0 Å². The Labute approximate surface area is 68.3 Å². The second-order valence-electron chi connectivity index (χ2n) is 4.76. The minimum Gasteiger partial charge on any atom is -0.254 e. The third-order valence-electron chi connectivity index (χ3n) is 4.43. The average Bonchev–Trinajstić information content (AvgIpc) is 2.52. The fourth-order valence-electron chi connectivity index (χ4n) is 4.07. The SMILES string of the molecule is [NH]C1CC2CC1C1CCCC21. The molecule has 0 amide bonds. The Kier molecular flexibility index (Phi) is 1.18. The lowest BCUT2D eigenvalue weighted by molar-refractivity contribution is 0.230. The molecule has 0 aromatic carbocycles. The van der Waals surface area contributed by atoms with Crippen molar-refractivity contribution in [2.24, 2.45) is 23.7 Å². The number of hydrogen-bond donors (Lipinski definition) is 0. The van der Waals surface area contributed by atoms with E-state index >= 15 is 0 Å². The minimum atomic E-state index is 0.333.